The van der Waals surface area contributed by atoms with Crippen molar-refractivity contribution >= 4 is 11.8 Å². The molecule has 6 nitrogen and oxygen atoms in total. The van der Waals surface area contributed by atoms with Crippen LogP contribution in [0.1, 0.15) is 58.4 Å². The van der Waals surface area contributed by atoms with Crippen LogP contribution >= 0.6 is 0 Å². The molecule has 0 spiro atoms. The van der Waals surface area contributed by atoms with E-state index in [0.29, 0.717) is 16.7 Å². The summed E-state index contributed by atoms with van der Waals surface area (Å²) in [6.45, 7) is 0. The highest BCUT2D eigenvalue weighted by molar-refractivity contribution is 5.94. The third-order valence-electron chi connectivity index (χ3n) is 4.45. The maximum absolute atomic E-state index is 12.6. The number of rotatable bonds is 3. The topological polar surface area (TPSA) is 98.0 Å². The highest BCUT2D eigenvalue weighted by atomic mass is 16.2. The summed E-state index contributed by atoms with van der Waals surface area (Å²) >= 11 is 0. The summed E-state index contributed by atoms with van der Waals surface area (Å²) in [4.78, 5) is 31.9. The summed E-state index contributed by atoms with van der Waals surface area (Å²) < 4.78 is 0. The second-order valence-corrected chi connectivity index (χ2v) is 6.42. The number of hydrogen-bond acceptors (Lipinski definition) is 4. The summed E-state index contributed by atoms with van der Waals surface area (Å²) in [6.07, 6.45) is 10.9. The monoisotopic (exact) mass is 348 g/mol. The van der Waals surface area contributed by atoms with E-state index in [1.165, 1.54) is 6.20 Å². The zero-order valence-electron chi connectivity index (χ0n) is 14.4. The number of hydrogen-bond donors (Lipinski definition) is 2. The number of primary amides is 1. The Morgan fingerprint density at radius 3 is 2.54 bits per heavy atom. The first-order valence-electron chi connectivity index (χ1n) is 8.59. The molecular weight excluding hydrogens is 328 g/mol. The van der Waals surface area contributed by atoms with Crippen molar-refractivity contribution in [3.8, 4) is 11.8 Å². The molecule has 2 aromatic heterocycles. The number of nitrogens with zero attached hydrogens (tertiary/aromatic N) is 2. The van der Waals surface area contributed by atoms with Crippen molar-refractivity contribution in [2.45, 2.75) is 37.6 Å². The molecule has 0 atom stereocenters. The molecule has 2 aromatic rings. The first kappa shape index (κ1) is 17.6. The Labute approximate surface area is 152 Å². The normalized spacial score (nSPS) is 15.4. The van der Waals surface area contributed by atoms with Gasteiger partial charge in [0, 0.05) is 30.4 Å². The van der Waals surface area contributed by atoms with Gasteiger partial charge in [0.05, 0.1) is 11.1 Å². The van der Waals surface area contributed by atoms with E-state index in [9.17, 15) is 9.59 Å². The van der Waals surface area contributed by atoms with Gasteiger partial charge in [-0.3, -0.25) is 19.6 Å². The summed E-state index contributed by atoms with van der Waals surface area (Å²) in [7, 11) is 0. The maximum atomic E-state index is 12.6. The van der Waals surface area contributed by atoms with Gasteiger partial charge < -0.3 is 11.1 Å². The number of carbonyl (C=O) groups is 2. The lowest BCUT2D eigenvalue weighted by Gasteiger charge is -2.33. The number of nitrogens with two attached hydrogens (primary N) is 1. The lowest BCUT2D eigenvalue weighted by molar-refractivity contribution is 0.0902. The smallest absolute Gasteiger partial charge is 0.254 e. The van der Waals surface area contributed by atoms with Gasteiger partial charge in [0.1, 0.15) is 5.54 Å². The molecule has 0 radical (unpaired) electrons. The molecule has 2 heterocycles. The molecule has 26 heavy (non-hydrogen) atoms. The zero-order chi connectivity index (χ0) is 18.4. The van der Waals surface area contributed by atoms with Crippen LogP contribution in [0.2, 0.25) is 0 Å². The predicted molar refractivity (Wildman–Crippen MR) is 97.2 cm³/mol. The quantitative estimate of drug-likeness (QED) is 0.830. The van der Waals surface area contributed by atoms with Crippen molar-refractivity contribution in [1.82, 2.24) is 15.3 Å². The van der Waals surface area contributed by atoms with Gasteiger partial charge in [-0.2, -0.15) is 0 Å². The lowest BCUT2D eigenvalue weighted by Crippen LogP contribution is -2.48. The van der Waals surface area contributed by atoms with Crippen molar-refractivity contribution in [1.29, 1.82) is 0 Å². The molecule has 0 aliphatic heterocycles. The minimum Gasteiger partial charge on any atom is -0.366 e. The second-order valence-electron chi connectivity index (χ2n) is 6.42. The average molecular weight is 348 g/mol. The van der Waals surface area contributed by atoms with Gasteiger partial charge in [0.2, 0.25) is 5.91 Å². The van der Waals surface area contributed by atoms with Crippen LogP contribution in [0.4, 0.5) is 0 Å². The Morgan fingerprint density at radius 1 is 1.08 bits per heavy atom. The van der Waals surface area contributed by atoms with Gasteiger partial charge in [-0.1, -0.05) is 31.1 Å². The Balaban J connectivity index is 1.86. The molecule has 2 amide bonds. The van der Waals surface area contributed by atoms with Crippen LogP contribution in [0.3, 0.4) is 0 Å². The number of aromatic nitrogens is 2. The van der Waals surface area contributed by atoms with Gasteiger partial charge in [0.25, 0.3) is 5.91 Å². The summed E-state index contributed by atoms with van der Waals surface area (Å²) in [6, 6.07) is 5.07. The molecular formula is C20H20N4O2. The molecule has 0 unspecified atom stereocenters. The molecule has 3 N–H and O–H groups in total. The van der Waals surface area contributed by atoms with Crippen LogP contribution in [0.15, 0.2) is 43.0 Å². The first-order chi connectivity index (χ1) is 12.6. The third-order valence-corrected chi connectivity index (χ3v) is 4.45. The molecule has 3 rings (SSSR count). The lowest BCUT2D eigenvalue weighted by atomic mass is 9.81. The highest BCUT2D eigenvalue weighted by Gasteiger charge is 2.32. The fourth-order valence-corrected chi connectivity index (χ4v) is 3.06. The van der Waals surface area contributed by atoms with Crippen LogP contribution in [0, 0.1) is 11.8 Å². The minimum absolute atomic E-state index is 0.182. The Morgan fingerprint density at radius 2 is 1.85 bits per heavy atom. The van der Waals surface area contributed by atoms with Crippen molar-refractivity contribution in [3.63, 3.8) is 0 Å². The Bertz CT molecular complexity index is 862. The summed E-state index contributed by atoms with van der Waals surface area (Å²) in [5, 5.41) is 3.09. The summed E-state index contributed by atoms with van der Waals surface area (Å²) in [5.41, 5.74) is 6.12. The van der Waals surface area contributed by atoms with E-state index in [1.54, 1.807) is 36.8 Å². The number of carbonyl (C=O) groups excluding carboxylic acids is 2. The van der Waals surface area contributed by atoms with Gasteiger partial charge in [-0.05, 0) is 31.0 Å². The first-order valence-corrected chi connectivity index (χ1v) is 8.59. The fourth-order valence-electron chi connectivity index (χ4n) is 3.06. The van der Waals surface area contributed by atoms with Crippen LogP contribution in [-0.2, 0) is 0 Å². The van der Waals surface area contributed by atoms with E-state index >= 15 is 0 Å². The Hall–Kier alpha value is -3.20. The van der Waals surface area contributed by atoms with Crippen molar-refractivity contribution in [2.75, 3.05) is 0 Å². The molecule has 1 aliphatic rings. The van der Waals surface area contributed by atoms with Crippen molar-refractivity contribution in [2.24, 2.45) is 5.73 Å². The van der Waals surface area contributed by atoms with E-state index in [0.717, 1.165) is 32.1 Å². The van der Waals surface area contributed by atoms with E-state index in [4.69, 9.17) is 5.73 Å². The maximum Gasteiger partial charge on any atom is 0.254 e. The average Bonchev–Trinajstić information content (AvgIpc) is 2.68. The van der Waals surface area contributed by atoms with Crippen LogP contribution in [0.5, 0.6) is 0 Å². The molecule has 0 saturated heterocycles. The Kier molecular flexibility index (Phi) is 5.28. The van der Waals surface area contributed by atoms with Crippen molar-refractivity contribution < 1.29 is 9.59 Å². The summed E-state index contributed by atoms with van der Waals surface area (Å²) in [5.74, 6) is 5.56. The largest absolute Gasteiger partial charge is 0.366 e. The molecule has 1 fully saturated rings. The predicted octanol–water partition coefficient (Wildman–Crippen LogP) is 2.06. The number of pyridine rings is 2. The van der Waals surface area contributed by atoms with Gasteiger partial charge in [-0.25, -0.2) is 0 Å². The van der Waals surface area contributed by atoms with E-state index in [1.807, 2.05) is 0 Å². The molecule has 0 bridgehead atoms. The molecule has 0 aromatic carbocycles. The van der Waals surface area contributed by atoms with E-state index < -0.39 is 11.4 Å². The third kappa shape index (κ3) is 4.25. The van der Waals surface area contributed by atoms with E-state index in [2.05, 4.69) is 27.1 Å². The molecule has 1 aliphatic carbocycles. The highest BCUT2D eigenvalue weighted by Crippen LogP contribution is 2.28. The molecule has 132 valence electrons. The van der Waals surface area contributed by atoms with Crippen LogP contribution < -0.4 is 11.1 Å². The molecule has 6 heteroatoms. The zero-order valence-corrected chi connectivity index (χ0v) is 14.4. The fraction of sp³-hybridized carbons (Fsp3) is 0.300. The molecule has 1 saturated carbocycles. The number of nitrogens with one attached hydrogen (secondary N) is 1. The second kappa shape index (κ2) is 7.79. The van der Waals surface area contributed by atoms with Gasteiger partial charge >= 0.3 is 0 Å². The van der Waals surface area contributed by atoms with Crippen LogP contribution in [-0.4, -0.2) is 27.3 Å². The minimum atomic E-state index is -0.589. The number of amides is 2. The van der Waals surface area contributed by atoms with Gasteiger partial charge in [0.15, 0.2) is 0 Å². The van der Waals surface area contributed by atoms with Gasteiger partial charge in [-0.15, -0.1) is 0 Å². The van der Waals surface area contributed by atoms with E-state index in [-0.39, 0.29) is 5.91 Å². The van der Waals surface area contributed by atoms with Crippen LogP contribution in [0.25, 0.3) is 0 Å². The SMILES string of the molecule is NC(=O)c1cncc(C#CC2(NC(=O)c3cccnc3)CCCCC2)c1. The van der Waals surface area contributed by atoms with Crippen molar-refractivity contribution in [3.05, 3.63) is 59.7 Å². The standard InChI is InChI=1S/C20H20N4O2/c21-18(25)17-11-15(12-23-14-17)6-9-20(7-2-1-3-8-20)24-19(26)16-5-4-10-22-13-16/h4-5,10-14H,1-3,7-8H2,(H2,21,25)(H,24,26).